The van der Waals surface area contributed by atoms with E-state index in [9.17, 15) is 4.79 Å². The Morgan fingerprint density at radius 1 is 1.03 bits per heavy atom. The molecule has 160 valence electrons. The van der Waals surface area contributed by atoms with Crippen LogP contribution in [0.3, 0.4) is 0 Å². The number of halogens is 1. The summed E-state index contributed by atoms with van der Waals surface area (Å²) in [5.74, 6) is 0.342. The van der Waals surface area contributed by atoms with Gasteiger partial charge in [-0.2, -0.15) is 0 Å². The number of unbranched alkanes of at least 4 members (excludes halogenated alkanes) is 1. The van der Waals surface area contributed by atoms with Gasteiger partial charge in [-0.1, -0.05) is 79.0 Å². The number of amides is 1. The van der Waals surface area contributed by atoms with Crippen LogP contribution < -0.4 is 62.4 Å². The van der Waals surface area contributed by atoms with Crippen molar-refractivity contribution in [3.63, 3.8) is 0 Å². The fraction of sp³-hybridized carbons (Fsp3) is 0.200. The van der Waals surface area contributed by atoms with Crippen molar-refractivity contribution in [1.29, 1.82) is 0 Å². The Morgan fingerprint density at radius 2 is 1.72 bits per heavy atom. The molecule has 0 aliphatic rings. The van der Waals surface area contributed by atoms with Crippen LogP contribution in [0.5, 0.6) is 0 Å². The van der Waals surface area contributed by atoms with Crippen molar-refractivity contribution in [3.05, 3.63) is 99.8 Å². The Labute approximate surface area is 237 Å². The van der Waals surface area contributed by atoms with Crippen molar-refractivity contribution in [2.45, 2.75) is 26.3 Å². The maximum atomic E-state index is 12.7. The molecule has 3 aromatic rings. The summed E-state index contributed by atoms with van der Waals surface area (Å²) < 4.78 is 0. The summed E-state index contributed by atoms with van der Waals surface area (Å²) in [7, 11) is 0. The normalized spacial score (nSPS) is 10.9. The molecule has 0 saturated carbocycles. The van der Waals surface area contributed by atoms with E-state index in [4.69, 9.17) is 17.3 Å². The minimum absolute atomic E-state index is 0. The third kappa shape index (κ3) is 8.03. The molecule has 0 fully saturated rings. The Balaban J connectivity index is 0.00000363. The molecule has 0 aromatic heterocycles. The molecule has 3 N–H and O–H groups in total. The number of amidine groups is 1. The van der Waals surface area contributed by atoms with Crippen LogP contribution in [-0.4, -0.2) is 18.3 Å². The second-order valence-corrected chi connectivity index (χ2v) is 7.55. The number of para-hydroxylation sites is 1. The van der Waals surface area contributed by atoms with Gasteiger partial charge in [0.15, 0.2) is 0 Å². The molecule has 3 aromatic carbocycles. The molecule has 0 unspecified atom stereocenters. The van der Waals surface area contributed by atoms with Gasteiger partial charge in [-0.05, 0) is 30.7 Å². The SMILES string of the molecule is CCCCN=C(N)c1ccc(C[N-]c2ccccc2C(=O)Nc2ccc(Cl)cc2)cc1.[K+]. The quantitative estimate of drug-likeness (QED) is 0.217. The third-order valence-corrected chi connectivity index (χ3v) is 4.98. The largest absolute Gasteiger partial charge is 1.00 e. The fourth-order valence-corrected chi connectivity index (χ4v) is 3.07. The van der Waals surface area contributed by atoms with Crippen LogP contribution in [-0.2, 0) is 6.54 Å². The number of nitrogens with zero attached hydrogens (tertiary/aromatic N) is 2. The summed E-state index contributed by atoms with van der Waals surface area (Å²) in [6, 6.07) is 22.2. The van der Waals surface area contributed by atoms with Gasteiger partial charge in [-0.3, -0.25) is 9.79 Å². The monoisotopic (exact) mass is 472 g/mol. The van der Waals surface area contributed by atoms with Crippen LogP contribution in [0.2, 0.25) is 5.02 Å². The first-order valence-electron chi connectivity index (χ1n) is 10.3. The van der Waals surface area contributed by atoms with E-state index in [0.717, 1.165) is 30.5 Å². The van der Waals surface area contributed by atoms with Crippen LogP contribution in [0, 0.1) is 0 Å². The number of carbonyl (C=O) groups excluding carboxylic acids is 1. The summed E-state index contributed by atoms with van der Waals surface area (Å²) in [5.41, 5.74) is 9.81. The minimum Gasteiger partial charge on any atom is -0.680 e. The zero-order chi connectivity index (χ0) is 22.1. The van der Waals surface area contributed by atoms with Gasteiger partial charge in [-0.25, -0.2) is 0 Å². The molecule has 1 amide bonds. The number of aliphatic imine (C=N–C) groups is 1. The molecule has 7 heteroatoms. The Hall–Kier alpha value is -1.67. The molecule has 5 nitrogen and oxygen atoms in total. The average molecular weight is 473 g/mol. The Morgan fingerprint density at radius 3 is 2.41 bits per heavy atom. The second-order valence-electron chi connectivity index (χ2n) is 7.11. The van der Waals surface area contributed by atoms with Gasteiger partial charge in [0, 0.05) is 28.4 Å². The van der Waals surface area contributed by atoms with Crippen molar-refractivity contribution < 1.29 is 56.2 Å². The molecular weight excluding hydrogens is 447 g/mol. The number of nitrogens with two attached hydrogens (primary N) is 1. The van der Waals surface area contributed by atoms with Crippen LogP contribution in [0.4, 0.5) is 11.4 Å². The molecule has 0 radical (unpaired) electrons. The first-order valence-corrected chi connectivity index (χ1v) is 10.7. The molecule has 0 aliphatic carbocycles. The molecule has 0 atom stereocenters. The molecule has 0 aliphatic heterocycles. The van der Waals surface area contributed by atoms with Crippen LogP contribution in [0.1, 0.15) is 41.3 Å². The van der Waals surface area contributed by atoms with Gasteiger partial charge < -0.3 is 16.4 Å². The molecule has 32 heavy (non-hydrogen) atoms. The van der Waals surface area contributed by atoms with Crippen molar-refractivity contribution >= 4 is 34.7 Å². The molecule has 0 spiro atoms. The number of rotatable bonds is 9. The summed E-state index contributed by atoms with van der Waals surface area (Å²) in [6.45, 7) is 3.33. The summed E-state index contributed by atoms with van der Waals surface area (Å²) >= 11 is 5.90. The van der Waals surface area contributed by atoms with E-state index in [1.165, 1.54) is 0 Å². The summed E-state index contributed by atoms with van der Waals surface area (Å²) in [6.07, 6.45) is 2.12. The van der Waals surface area contributed by atoms with Gasteiger partial charge in [-0.15, -0.1) is 12.2 Å². The van der Waals surface area contributed by atoms with E-state index < -0.39 is 0 Å². The smallest absolute Gasteiger partial charge is 0.680 e. The molecule has 0 heterocycles. The topological polar surface area (TPSA) is 81.6 Å². The van der Waals surface area contributed by atoms with E-state index >= 15 is 0 Å². The van der Waals surface area contributed by atoms with Crippen LogP contribution in [0.15, 0.2) is 77.8 Å². The fourth-order valence-electron chi connectivity index (χ4n) is 2.94. The van der Waals surface area contributed by atoms with E-state index in [0.29, 0.717) is 34.3 Å². The summed E-state index contributed by atoms with van der Waals surface area (Å²) in [5, 5.41) is 8.14. The second kappa shape index (κ2) is 13.8. The average Bonchev–Trinajstić information content (AvgIpc) is 2.80. The van der Waals surface area contributed by atoms with E-state index in [-0.39, 0.29) is 57.3 Å². The number of benzene rings is 3. The zero-order valence-corrected chi connectivity index (χ0v) is 22.4. The van der Waals surface area contributed by atoms with E-state index in [1.807, 2.05) is 42.5 Å². The van der Waals surface area contributed by atoms with Crippen LogP contribution in [0.25, 0.3) is 5.32 Å². The maximum absolute atomic E-state index is 12.7. The first-order chi connectivity index (χ1) is 15.1. The van der Waals surface area contributed by atoms with Gasteiger partial charge in [0.25, 0.3) is 5.91 Å². The Kier molecular flexibility index (Phi) is 11.4. The zero-order valence-electron chi connectivity index (χ0n) is 18.5. The number of anilines is 1. The van der Waals surface area contributed by atoms with Gasteiger partial charge in [0.05, 0.1) is 0 Å². The number of carbonyl (C=O) groups is 1. The third-order valence-electron chi connectivity index (χ3n) is 4.73. The predicted molar refractivity (Wildman–Crippen MR) is 130 cm³/mol. The van der Waals surface area contributed by atoms with Crippen LogP contribution >= 0.6 is 11.6 Å². The standard InChI is InChI=1S/C25H27ClN4O.K/c1-2-3-16-28-24(27)19-10-8-18(9-11-19)17-29-23-7-5-4-6-22(23)25(31)30-21-14-12-20(26)13-15-21;/h4-15H,2-3,16-17H2,1H3,(H4,27,28,29,30,31);/q;+1/p-1. The maximum Gasteiger partial charge on any atom is 1.00 e. The van der Waals surface area contributed by atoms with Gasteiger partial charge in [0.2, 0.25) is 0 Å². The van der Waals surface area contributed by atoms with Gasteiger partial charge in [0.1, 0.15) is 5.84 Å². The summed E-state index contributed by atoms with van der Waals surface area (Å²) in [4.78, 5) is 17.1. The van der Waals surface area contributed by atoms with E-state index in [1.54, 1.807) is 30.3 Å². The van der Waals surface area contributed by atoms with Crippen molar-refractivity contribution in [3.8, 4) is 0 Å². The van der Waals surface area contributed by atoms with E-state index in [2.05, 4.69) is 22.5 Å². The number of hydrogen-bond acceptors (Lipinski definition) is 2. The van der Waals surface area contributed by atoms with Gasteiger partial charge >= 0.3 is 51.4 Å². The molecule has 3 rings (SSSR count). The molecular formula is C25H26ClKN4O. The minimum atomic E-state index is -0.215. The Bertz CT molecular complexity index is 1040. The molecule has 0 saturated heterocycles. The van der Waals surface area contributed by atoms with Crippen molar-refractivity contribution in [1.82, 2.24) is 0 Å². The predicted octanol–water partition coefficient (Wildman–Crippen LogP) is 3.31. The number of nitrogens with one attached hydrogen (secondary N) is 1. The molecule has 0 bridgehead atoms. The van der Waals surface area contributed by atoms with Crippen molar-refractivity contribution in [2.24, 2.45) is 10.7 Å². The number of hydrogen-bond donors (Lipinski definition) is 2. The van der Waals surface area contributed by atoms with Crippen molar-refractivity contribution in [2.75, 3.05) is 11.9 Å². The first kappa shape index (κ1) is 26.6.